The van der Waals surface area contributed by atoms with Crippen LogP contribution in [-0.4, -0.2) is 21.3 Å². The van der Waals surface area contributed by atoms with Crippen LogP contribution >= 0.6 is 0 Å². The number of carbonyl (C=O) groups is 1. The number of hydrogen-bond donors (Lipinski definition) is 4. The van der Waals surface area contributed by atoms with Crippen LogP contribution in [0.3, 0.4) is 0 Å². The molecule has 0 saturated heterocycles. The van der Waals surface area contributed by atoms with E-state index in [2.05, 4.69) is 0 Å². The molecule has 0 aliphatic rings. The van der Waals surface area contributed by atoms with Gasteiger partial charge in [0.15, 0.2) is 0 Å². The molecule has 0 spiro atoms. The van der Waals surface area contributed by atoms with Crippen molar-refractivity contribution in [3.8, 4) is 5.75 Å². The van der Waals surface area contributed by atoms with Gasteiger partial charge in [0.2, 0.25) is 0 Å². The van der Waals surface area contributed by atoms with E-state index in [4.69, 9.17) is 10.3 Å². The molecule has 0 bridgehead atoms. The van der Waals surface area contributed by atoms with Crippen LogP contribution in [0.1, 0.15) is 18.6 Å². The predicted molar refractivity (Wildman–Crippen MR) is 61.3 cm³/mol. The average molecular weight is 237 g/mol. The summed E-state index contributed by atoms with van der Waals surface area (Å²) in [6, 6.07) is 6.18. The Morgan fingerprint density at radius 1 is 1.35 bits per heavy atom. The molecule has 1 aromatic carbocycles. The molecule has 5 nitrogen and oxygen atoms in total. The van der Waals surface area contributed by atoms with Crippen LogP contribution in [0.2, 0.25) is 0 Å². The number of aromatic hydroxyl groups is 1. The fourth-order valence-electron chi connectivity index (χ4n) is 1.36. The molecule has 0 unspecified atom stereocenters. The van der Waals surface area contributed by atoms with Crippen LogP contribution < -0.4 is 5.48 Å². The summed E-state index contributed by atoms with van der Waals surface area (Å²) in [4.78, 5) is 10.8. The molecule has 2 atom stereocenters. The molecule has 0 saturated carbocycles. The van der Waals surface area contributed by atoms with Gasteiger partial charge in [0.1, 0.15) is 5.75 Å². The first-order chi connectivity index (χ1) is 8.04. The number of phenols is 1. The third-order valence-electron chi connectivity index (χ3n) is 2.39. The molecule has 5 heteroatoms. The average Bonchev–Trinajstić information content (AvgIpc) is 2.35. The zero-order valence-corrected chi connectivity index (χ0v) is 9.37. The highest BCUT2D eigenvalue weighted by molar-refractivity contribution is 5.86. The van der Waals surface area contributed by atoms with E-state index in [-0.39, 0.29) is 11.7 Å². The Hall–Kier alpha value is -1.85. The molecule has 1 aromatic rings. The molecule has 0 aromatic heterocycles. The fourth-order valence-corrected chi connectivity index (χ4v) is 1.36. The smallest absolute Gasteiger partial charge is 0.267 e. The van der Waals surface area contributed by atoms with E-state index in [1.807, 2.05) is 0 Å². The third kappa shape index (κ3) is 3.90. The van der Waals surface area contributed by atoms with Crippen LogP contribution in [0.15, 0.2) is 36.4 Å². The number of hydroxylamine groups is 1. The summed E-state index contributed by atoms with van der Waals surface area (Å²) in [6.07, 6.45) is 1.86. The molecule has 1 rings (SSSR count). The van der Waals surface area contributed by atoms with Crippen LogP contribution in [0.4, 0.5) is 0 Å². The van der Waals surface area contributed by atoms with E-state index in [0.717, 1.165) is 6.08 Å². The monoisotopic (exact) mass is 237 g/mol. The second kappa shape index (κ2) is 6.03. The van der Waals surface area contributed by atoms with Crippen molar-refractivity contribution >= 4 is 5.91 Å². The van der Waals surface area contributed by atoms with Gasteiger partial charge in [-0.15, -0.1) is 0 Å². The van der Waals surface area contributed by atoms with Gasteiger partial charge in [-0.25, -0.2) is 5.48 Å². The molecule has 0 radical (unpaired) electrons. The summed E-state index contributed by atoms with van der Waals surface area (Å²) in [5.41, 5.74) is 2.11. The number of nitrogens with one attached hydrogen (secondary N) is 1. The molecule has 92 valence electrons. The van der Waals surface area contributed by atoms with E-state index < -0.39 is 12.0 Å². The zero-order valence-electron chi connectivity index (χ0n) is 9.37. The second-order valence-electron chi connectivity index (χ2n) is 3.73. The van der Waals surface area contributed by atoms with Crippen LogP contribution in [0.5, 0.6) is 5.75 Å². The molecule has 0 fully saturated rings. The minimum atomic E-state index is -0.779. The Balaban J connectivity index is 2.69. The largest absolute Gasteiger partial charge is 0.508 e. The lowest BCUT2D eigenvalue weighted by molar-refractivity contribution is -0.124. The maximum Gasteiger partial charge on any atom is 0.267 e. The lowest BCUT2D eigenvalue weighted by atomic mass is 9.97. The first-order valence-electron chi connectivity index (χ1n) is 5.14. The van der Waals surface area contributed by atoms with Crippen LogP contribution in [0.25, 0.3) is 0 Å². The van der Waals surface area contributed by atoms with Crippen molar-refractivity contribution in [3.05, 3.63) is 42.0 Å². The molecular formula is C12H15NO4. The SMILES string of the molecule is C[C@H](/C=C/C(=O)NO)[C@H](O)c1ccc(O)cc1. The van der Waals surface area contributed by atoms with Gasteiger partial charge < -0.3 is 10.2 Å². The van der Waals surface area contributed by atoms with Crippen molar-refractivity contribution in [1.82, 2.24) is 5.48 Å². The summed E-state index contributed by atoms with van der Waals surface area (Å²) in [6.45, 7) is 1.73. The second-order valence-corrected chi connectivity index (χ2v) is 3.73. The standard InChI is InChI=1S/C12H15NO4/c1-8(2-7-11(15)13-17)12(16)9-3-5-10(14)6-4-9/h2-8,12,14,16-17H,1H3,(H,13,15)/b7-2+/t8-,12+/m1/s1. The van der Waals surface area contributed by atoms with Gasteiger partial charge in [-0.05, 0) is 17.7 Å². The minimum absolute atomic E-state index is 0.129. The summed E-state index contributed by atoms with van der Waals surface area (Å²) >= 11 is 0. The van der Waals surface area contributed by atoms with E-state index in [1.165, 1.54) is 23.7 Å². The normalized spacial score (nSPS) is 14.5. The summed E-state index contributed by atoms with van der Waals surface area (Å²) < 4.78 is 0. The molecule has 1 amide bonds. The van der Waals surface area contributed by atoms with Gasteiger partial charge in [0.05, 0.1) is 6.10 Å². The van der Waals surface area contributed by atoms with E-state index >= 15 is 0 Å². The van der Waals surface area contributed by atoms with Gasteiger partial charge >= 0.3 is 0 Å². The maximum absolute atomic E-state index is 10.8. The molecule has 0 aliphatic carbocycles. The first-order valence-corrected chi connectivity index (χ1v) is 5.14. The third-order valence-corrected chi connectivity index (χ3v) is 2.39. The molecule has 17 heavy (non-hydrogen) atoms. The lowest BCUT2D eigenvalue weighted by Gasteiger charge is -2.15. The van der Waals surface area contributed by atoms with Crippen molar-refractivity contribution in [3.63, 3.8) is 0 Å². The van der Waals surface area contributed by atoms with Gasteiger partial charge in [0.25, 0.3) is 5.91 Å². The molecule has 0 aliphatic heterocycles. The fraction of sp³-hybridized carbons (Fsp3) is 0.250. The molecule has 0 heterocycles. The van der Waals surface area contributed by atoms with Crippen LogP contribution in [0, 0.1) is 5.92 Å². The Morgan fingerprint density at radius 2 is 1.94 bits per heavy atom. The molecule has 4 N–H and O–H groups in total. The summed E-state index contributed by atoms with van der Waals surface area (Å²) in [7, 11) is 0. The first kappa shape index (κ1) is 13.2. The summed E-state index contributed by atoms with van der Waals surface area (Å²) in [5.74, 6) is -0.810. The van der Waals surface area contributed by atoms with Crippen molar-refractivity contribution in [2.24, 2.45) is 5.92 Å². The predicted octanol–water partition coefficient (Wildman–Crippen LogP) is 1.12. The number of aliphatic hydroxyl groups excluding tert-OH is 1. The number of phenolic OH excluding ortho intramolecular Hbond substituents is 1. The number of benzene rings is 1. The lowest BCUT2D eigenvalue weighted by Crippen LogP contribution is -2.16. The van der Waals surface area contributed by atoms with Crippen molar-refractivity contribution < 1.29 is 20.2 Å². The van der Waals surface area contributed by atoms with E-state index in [1.54, 1.807) is 19.1 Å². The van der Waals surface area contributed by atoms with Crippen molar-refractivity contribution in [2.75, 3.05) is 0 Å². The Bertz CT molecular complexity index is 399. The Morgan fingerprint density at radius 3 is 2.47 bits per heavy atom. The number of amides is 1. The van der Waals surface area contributed by atoms with Crippen molar-refractivity contribution in [1.29, 1.82) is 0 Å². The van der Waals surface area contributed by atoms with Gasteiger partial charge in [-0.1, -0.05) is 25.1 Å². The number of hydrogen-bond acceptors (Lipinski definition) is 4. The van der Waals surface area contributed by atoms with Gasteiger partial charge in [-0.2, -0.15) is 0 Å². The van der Waals surface area contributed by atoms with Gasteiger partial charge in [0, 0.05) is 12.0 Å². The van der Waals surface area contributed by atoms with Gasteiger partial charge in [-0.3, -0.25) is 10.0 Å². The topological polar surface area (TPSA) is 89.8 Å². The highest BCUT2D eigenvalue weighted by atomic mass is 16.5. The van der Waals surface area contributed by atoms with E-state index in [9.17, 15) is 9.90 Å². The van der Waals surface area contributed by atoms with E-state index in [0.29, 0.717) is 5.56 Å². The number of aliphatic hydroxyl groups is 1. The Labute approximate surface area is 99.0 Å². The van der Waals surface area contributed by atoms with Crippen molar-refractivity contribution in [2.45, 2.75) is 13.0 Å². The molecular weight excluding hydrogens is 222 g/mol. The number of rotatable bonds is 4. The quantitative estimate of drug-likeness (QED) is 0.359. The van der Waals surface area contributed by atoms with Crippen LogP contribution in [-0.2, 0) is 4.79 Å². The Kier molecular flexibility index (Phi) is 4.68. The highest BCUT2D eigenvalue weighted by Gasteiger charge is 2.13. The zero-order chi connectivity index (χ0) is 12.8. The maximum atomic E-state index is 10.8. The highest BCUT2D eigenvalue weighted by Crippen LogP contribution is 2.24. The summed E-state index contributed by atoms with van der Waals surface area (Å²) in [5, 5.41) is 27.3. The number of carbonyl (C=O) groups excluding carboxylic acids is 1. The minimum Gasteiger partial charge on any atom is -0.508 e.